The molecule has 14 heavy (non-hydrogen) atoms. The molecule has 0 aromatic heterocycles. The van der Waals surface area contributed by atoms with Gasteiger partial charge < -0.3 is 4.48 Å². The van der Waals surface area contributed by atoms with Gasteiger partial charge in [-0.2, -0.15) is 0 Å². The first kappa shape index (κ1) is 12.8. The van der Waals surface area contributed by atoms with Crippen LogP contribution < -0.4 is 0 Å². The lowest BCUT2D eigenvalue weighted by atomic mass is 10.1. The molecule has 0 aromatic carbocycles. The standard InChI is InChI=1S/C12H25IN/c1-3-4-6-9-14(12(2)13)10-7-5-8-11-14/h12H,3-11H2,1-2H3/q+1. The second kappa shape index (κ2) is 6.31. The van der Waals surface area contributed by atoms with Crippen LogP contribution in [0.1, 0.15) is 52.4 Å². The van der Waals surface area contributed by atoms with Gasteiger partial charge in [-0.15, -0.1) is 0 Å². The van der Waals surface area contributed by atoms with E-state index >= 15 is 0 Å². The van der Waals surface area contributed by atoms with Crippen molar-refractivity contribution in [2.24, 2.45) is 0 Å². The molecule has 0 amide bonds. The van der Waals surface area contributed by atoms with E-state index in [0.29, 0.717) is 0 Å². The molecule has 0 radical (unpaired) electrons. The fourth-order valence-corrected chi connectivity index (χ4v) is 3.41. The van der Waals surface area contributed by atoms with Crippen molar-refractivity contribution < 1.29 is 4.48 Å². The van der Waals surface area contributed by atoms with Gasteiger partial charge in [-0.25, -0.2) is 0 Å². The minimum Gasteiger partial charge on any atom is -0.313 e. The van der Waals surface area contributed by atoms with Crippen molar-refractivity contribution in [2.75, 3.05) is 19.6 Å². The van der Waals surface area contributed by atoms with Crippen LogP contribution in [0.25, 0.3) is 0 Å². The number of rotatable bonds is 5. The lowest BCUT2D eigenvalue weighted by molar-refractivity contribution is -0.936. The van der Waals surface area contributed by atoms with Crippen molar-refractivity contribution in [3.05, 3.63) is 0 Å². The lowest BCUT2D eigenvalue weighted by Gasteiger charge is -2.44. The number of unbranched alkanes of at least 4 members (excludes halogenated alkanes) is 2. The predicted octanol–water partition coefficient (Wildman–Crippen LogP) is 3.96. The fourth-order valence-electron chi connectivity index (χ4n) is 2.58. The molecule has 0 aromatic rings. The van der Waals surface area contributed by atoms with Crippen molar-refractivity contribution in [1.29, 1.82) is 0 Å². The first-order valence-electron chi connectivity index (χ1n) is 6.21. The van der Waals surface area contributed by atoms with Crippen LogP contribution in [-0.2, 0) is 0 Å². The van der Waals surface area contributed by atoms with Crippen molar-refractivity contribution in [3.8, 4) is 0 Å². The van der Waals surface area contributed by atoms with Crippen LogP contribution >= 0.6 is 22.6 Å². The number of hydrogen-bond acceptors (Lipinski definition) is 0. The summed E-state index contributed by atoms with van der Waals surface area (Å²) in [5.74, 6) is 0. The summed E-state index contributed by atoms with van der Waals surface area (Å²) in [5, 5.41) is 0. The summed E-state index contributed by atoms with van der Waals surface area (Å²) < 4.78 is 2.21. The second-order valence-electron chi connectivity index (χ2n) is 4.73. The SMILES string of the molecule is CCCCC[N+]1(C(C)I)CCCCC1. The van der Waals surface area contributed by atoms with Gasteiger partial charge >= 0.3 is 0 Å². The van der Waals surface area contributed by atoms with Crippen LogP contribution in [-0.4, -0.2) is 28.2 Å². The summed E-state index contributed by atoms with van der Waals surface area (Å²) in [7, 11) is 0. The Bertz CT molecular complexity index is 150. The molecule has 2 heteroatoms. The first-order valence-corrected chi connectivity index (χ1v) is 7.46. The number of likely N-dealkylation sites (tertiary alicyclic amines) is 1. The smallest absolute Gasteiger partial charge is 0.136 e. The van der Waals surface area contributed by atoms with Crippen molar-refractivity contribution >= 4 is 22.6 Å². The van der Waals surface area contributed by atoms with Crippen LogP contribution in [0.4, 0.5) is 0 Å². The molecule has 1 aliphatic heterocycles. The van der Waals surface area contributed by atoms with Crippen molar-refractivity contribution in [2.45, 2.75) is 56.4 Å². The largest absolute Gasteiger partial charge is 0.313 e. The van der Waals surface area contributed by atoms with Gasteiger partial charge in [0.25, 0.3) is 0 Å². The monoisotopic (exact) mass is 310 g/mol. The Morgan fingerprint density at radius 3 is 2.29 bits per heavy atom. The molecule has 1 nitrogen and oxygen atoms in total. The van der Waals surface area contributed by atoms with Gasteiger partial charge in [-0.3, -0.25) is 0 Å². The van der Waals surface area contributed by atoms with Crippen LogP contribution in [0.5, 0.6) is 0 Å². The molecule has 1 rings (SSSR count). The summed E-state index contributed by atoms with van der Waals surface area (Å²) in [6.45, 7) is 9.01. The normalized spacial score (nSPS) is 23.4. The van der Waals surface area contributed by atoms with E-state index in [1.807, 2.05) is 0 Å². The number of piperidine rings is 1. The van der Waals surface area contributed by atoms with Gasteiger partial charge in [0.05, 0.1) is 19.6 Å². The molecule has 0 aliphatic carbocycles. The molecule has 1 heterocycles. The molecule has 1 fully saturated rings. The third-order valence-electron chi connectivity index (χ3n) is 3.67. The Morgan fingerprint density at radius 1 is 1.14 bits per heavy atom. The number of nitrogens with zero attached hydrogens (tertiary/aromatic N) is 1. The minimum absolute atomic E-state index is 0.810. The van der Waals surface area contributed by atoms with Gasteiger partial charge in [-0.05, 0) is 61.6 Å². The molecule has 1 unspecified atom stereocenters. The van der Waals surface area contributed by atoms with E-state index in [4.69, 9.17) is 0 Å². The summed E-state index contributed by atoms with van der Waals surface area (Å²) in [6.07, 6.45) is 8.60. The van der Waals surface area contributed by atoms with Crippen LogP contribution in [0, 0.1) is 0 Å². The van der Waals surface area contributed by atoms with Gasteiger partial charge in [-0.1, -0.05) is 13.3 Å². The first-order chi connectivity index (χ1) is 6.71. The van der Waals surface area contributed by atoms with Gasteiger partial charge in [0.15, 0.2) is 0 Å². The summed E-state index contributed by atoms with van der Waals surface area (Å²) in [6, 6.07) is 0. The third kappa shape index (κ3) is 3.37. The van der Waals surface area contributed by atoms with E-state index < -0.39 is 0 Å². The Balaban J connectivity index is 2.43. The zero-order chi connectivity index (χ0) is 10.4. The Morgan fingerprint density at radius 2 is 1.79 bits per heavy atom. The van der Waals surface area contributed by atoms with Gasteiger partial charge in [0.1, 0.15) is 4.05 Å². The summed E-state index contributed by atoms with van der Waals surface area (Å²) >= 11 is 2.64. The summed E-state index contributed by atoms with van der Waals surface area (Å²) in [5.41, 5.74) is 0. The Kier molecular flexibility index (Phi) is 5.75. The molecular formula is C12H25IN+. The van der Waals surface area contributed by atoms with E-state index in [1.54, 1.807) is 0 Å². The molecule has 0 N–H and O–H groups in total. The summed E-state index contributed by atoms with van der Waals surface area (Å²) in [4.78, 5) is 0. The number of quaternary nitrogens is 1. The van der Waals surface area contributed by atoms with E-state index in [-0.39, 0.29) is 0 Å². The van der Waals surface area contributed by atoms with Crippen LogP contribution in [0.3, 0.4) is 0 Å². The Labute approximate surface area is 103 Å². The second-order valence-corrected chi connectivity index (χ2v) is 6.53. The highest BCUT2D eigenvalue weighted by Crippen LogP contribution is 2.27. The highest BCUT2D eigenvalue weighted by Gasteiger charge is 2.33. The van der Waals surface area contributed by atoms with Crippen molar-refractivity contribution in [3.63, 3.8) is 0 Å². The molecule has 1 atom stereocenters. The highest BCUT2D eigenvalue weighted by atomic mass is 127. The molecule has 1 saturated heterocycles. The Hall–Kier alpha value is 0.690. The topological polar surface area (TPSA) is 0 Å². The average Bonchev–Trinajstić information content (AvgIpc) is 2.19. The zero-order valence-corrected chi connectivity index (χ0v) is 11.9. The van der Waals surface area contributed by atoms with Crippen molar-refractivity contribution in [1.82, 2.24) is 0 Å². The maximum Gasteiger partial charge on any atom is 0.136 e. The predicted molar refractivity (Wildman–Crippen MR) is 71.7 cm³/mol. The van der Waals surface area contributed by atoms with Gasteiger partial charge in [0, 0.05) is 0 Å². The molecule has 0 spiro atoms. The highest BCUT2D eigenvalue weighted by molar-refractivity contribution is 14.1. The minimum atomic E-state index is 0.810. The molecule has 1 aliphatic rings. The molecular weight excluding hydrogens is 285 g/mol. The van der Waals surface area contributed by atoms with Gasteiger partial charge in [0.2, 0.25) is 0 Å². The van der Waals surface area contributed by atoms with Crippen LogP contribution in [0.2, 0.25) is 0 Å². The number of halogens is 1. The quantitative estimate of drug-likeness (QED) is 0.237. The third-order valence-corrected chi connectivity index (χ3v) is 4.85. The lowest BCUT2D eigenvalue weighted by Crippen LogP contribution is -2.55. The van der Waals surface area contributed by atoms with E-state index in [9.17, 15) is 0 Å². The molecule has 84 valence electrons. The van der Waals surface area contributed by atoms with E-state index in [1.165, 1.54) is 62.6 Å². The fraction of sp³-hybridized carbons (Fsp3) is 1.00. The van der Waals surface area contributed by atoms with E-state index in [0.717, 1.165) is 4.05 Å². The van der Waals surface area contributed by atoms with Crippen LogP contribution in [0.15, 0.2) is 0 Å². The molecule has 0 bridgehead atoms. The molecule has 0 saturated carbocycles. The maximum atomic E-state index is 2.64. The maximum absolute atomic E-state index is 2.64. The number of alkyl halides is 1. The zero-order valence-electron chi connectivity index (χ0n) is 9.77. The van der Waals surface area contributed by atoms with E-state index in [2.05, 4.69) is 36.4 Å². The average molecular weight is 310 g/mol. The number of hydrogen-bond donors (Lipinski definition) is 0.